The fourth-order valence-corrected chi connectivity index (χ4v) is 4.58. The summed E-state index contributed by atoms with van der Waals surface area (Å²) in [4.78, 5) is 33.1. The van der Waals surface area contributed by atoms with E-state index in [9.17, 15) is 9.59 Å². The largest absolute Gasteiger partial charge is 0.369 e. The third kappa shape index (κ3) is 10.6. The Balaban J connectivity index is 1.93. The van der Waals surface area contributed by atoms with Gasteiger partial charge in [0.2, 0.25) is 5.91 Å². The van der Waals surface area contributed by atoms with E-state index in [4.69, 9.17) is 0 Å². The van der Waals surface area contributed by atoms with Crippen LogP contribution < -0.4 is 15.5 Å². The average molecular weight is 488 g/mol. The van der Waals surface area contributed by atoms with Crippen LogP contribution in [0.5, 0.6) is 0 Å². The van der Waals surface area contributed by atoms with Crippen LogP contribution in [0.4, 0.5) is 5.69 Å². The third-order valence-corrected chi connectivity index (χ3v) is 6.30. The molecule has 2 amide bonds. The molecule has 0 spiro atoms. The number of nitrogens with one attached hydrogen (secondary N) is 2. The standard InChI is InChI=1S/C28H49N5O2/c1-21(2)18-26(28(35)29-12-13-32(19-22(3)4)20-23(5)6)30-27(34)24-8-10-25(11-9-24)33-16-14-31(7)15-17-33/h8-11,21-23,26H,12-20H2,1-7H3,(H,29,35)(H,30,34)/t26-/m0/s1. The predicted molar refractivity (Wildman–Crippen MR) is 146 cm³/mol. The quantitative estimate of drug-likeness (QED) is 0.447. The molecule has 0 aliphatic carbocycles. The van der Waals surface area contributed by atoms with Gasteiger partial charge in [-0.2, -0.15) is 0 Å². The lowest BCUT2D eigenvalue weighted by Crippen LogP contribution is -2.49. The number of likely N-dealkylation sites (N-methyl/N-ethyl adjacent to an activating group) is 1. The van der Waals surface area contributed by atoms with Gasteiger partial charge in [-0.1, -0.05) is 41.5 Å². The first kappa shape index (κ1) is 29.1. The fraction of sp³-hybridized carbons (Fsp3) is 0.714. The van der Waals surface area contributed by atoms with Crippen LogP contribution in [0.25, 0.3) is 0 Å². The predicted octanol–water partition coefficient (Wildman–Crippen LogP) is 3.31. The SMILES string of the molecule is CC(C)C[C@H](NC(=O)c1ccc(N2CCN(C)CC2)cc1)C(=O)NCCN(CC(C)C)CC(C)C. The van der Waals surface area contributed by atoms with Gasteiger partial charge in [-0.25, -0.2) is 0 Å². The lowest BCUT2D eigenvalue weighted by molar-refractivity contribution is -0.123. The van der Waals surface area contributed by atoms with Gasteiger partial charge in [-0.3, -0.25) is 9.59 Å². The Hall–Kier alpha value is -2.12. The number of hydrogen-bond donors (Lipinski definition) is 2. The summed E-state index contributed by atoms with van der Waals surface area (Å²) in [6.45, 7) is 20.5. The molecule has 1 aliphatic heterocycles. The highest BCUT2D eigenvalue weighted by Crippen LogP contribution is 2.17. The van der Waals surface area contributed by atoms with Gasteiger partial charge in [0, 0.05) is 63.6 Å². The molecular formula is C28H49N5O2. The summed E-state index contributed by atoms with van der Waals surface area (Å²) < 4.78 is 0. The van der Waals surface area contributed by atoms with E-state index in [1.54, 1.807) is 0 Å². The number of anilines is 1. The zero-order valence-corrected chi connectivity index (χ0v) is 23.1. The smallest absolute Gasteiger partial charge is 0.251 e. The van der Waals surface area contributed by atoms with Crippen LogP contribution in [0.3, 0.4) is 0 Å². The van der Waals surface area contributed by atoms with Crippen LogP contribution in [0.2, 0.25) is 0 Å². The number of piperazine rings is 1. The van der Waals surface area contributed by atoms with E-state index in [1.807, 2.05) is 24.3 Å². The van der Waals surface area contributed by atoms with Gasteiger partial charge in [0.05, 0.1) is 0 Å². The molecule has 1 aromatic carbocycles. The molecule has 35 heavy (non-hydrogen) atoms. The van der Waals surface area contributed by atoms with Crippen LogP contribution in [-0.2, 0) is 4.79 Å². The molecule has 1 fully saturated rings. The van der Waals surface area contributed by atoms with E-state index in [0.717, 1.165) is 51.5 Å². The van der Waals surface area contributed by atoms with Gasteiger partial charge in [0.25, 0.3) is 5.91 Å². The zero-order valence-electron chi connectivity index (χ0n) is 23.1. The van der Waals surface area contributed by atoms with Crippen LogP contribution in [0, 0.1) is 17.8 Å². The molecule has 0 bridgehead atoms. The summed E-state index contributed by atoms with van der Waals surface area (Å²) in [5.41, 5.74) is 1.72. The first-order valence-electron chi connectivity index (χ1n) is 13.4. The van der Waals surface area contributed by atoms with Gasteiger partial charge in [-0.15, -0.1) is 0 Å². The highest BCUT2D eigenvalue weighted by molar-refractivity contribution is 5.97. The summed E-state index contributed by atoms with van der Waals surface area (Å²) in [6, 6.07) is 7.21. The Morgan fingerprint density at radius 3 is 1.97 bits per heavy atom. The molecular weight excluding hydrogens is 438 g/mol. The molecule has 1 aromatic rings. The number of nitrogens with zero attached hydrogens (tertiary/aromatic N) is 3. The van der Waals surface area contributed by atoms with Crippen LogP contribution >= 0.6 is 0 Å². The van der Waals surface area contributed by atoms with Crippen LogP contribution in [0.1, 0.15) is 58.3 Å². The molecule has 0 aromatic heterocycles. The Morgan fingerprint density at radius 2 is 1.46 bits per heavy atom. The number of carbonyl (C=O) groups excluding carboxylic acids is 2. The van der Waals surface area contributed by atoms with E-state index in [-0.39, 0.29) is 11.8 Å². The van der Waals surface area contributed by atoms with Gasteiger partial charge >= 0.3 is 0 Å². The Morgan fingerprint density at radius 1 is 0.886 bits per heavy atom. The average Bonchev–Trinajstić information content (AvgIpc) is 2.78. The second kappa shape index (κ2) is 14.4. The molecule has 1 saturated heterocycles. The van der Waals surface area contributed by atoms with Gasteiger partial charge in [0.1, 0.15) is 6.04 Å². The highest BCUT2D eigenvalue weighted by atomic mass is 16.2. The molecule has 7 nitrogen and oxygen atoms in total. The molecule has 0 radical (unpaired) electrons. The minimum Gasteiger partial charge on any atom is -0.369 e. The summed E-state index contributed by atoms with van der Waals surface area (Å²) in [6.07, 6.45) is 0.610. The van der Waals surface area contributed by atoms with E-state index in [1.165, 1.54) is 0 Å². The second-order valence-electron chi connectivity index (χ2n) is 11.3. The van der Waals surface area contributed by atoms with Gasteiger partial charge in [0.15, 0.2) is 0 Å². The summed E-state index contributed by atoms with van der Waals surface area (Å²) in [7, 11) is 2.14. The first-order chi connectivity index (χ1) is 16.5. The van der Waals surface area contributed by atoms with Crippen molar-refractivity contribution < 1.29 is 9.59 Å². The van der Waals surface area contributed by atoms with Crippen molar-refractivity contribution in [2.24, 2.45) is 17.8 Å². The van der Waals surface area contributed by atoms with Gasteiger partial charge in [-0.05, 0) is 55.5 Å². The van der Waals surface area contributed by atoms with E-state index in [2.05, 4.69) is 73.9 Å². The van der Waals surface area contributed by atoms with Gasteiger partial charge < -0.3 is 25.3 Å². The van der Waals surface area contributed by atoms with Crippen LogP contribution in [-0.4, -0.2) is 87.1 Å². The Labute approximate surface area is 213 Å². The molecule has 1 aliphatic rings. The lowest BCUT2D eigenvalue weighted by atomic mass is 10.0. The fourth-order valence-electron chi connectivity index (χ4n) is 4.58. The van der Waals surface area contributed by atoms with Crippen molar-refractivity contribution in [3.05, 3.63) is 29.8 Å². The summed E-state index contributed by atoms with van der Waals surface area (Å²) in [5.74, 6) is 1.16. The van der Waals surface area contributed by atoms with Crippen molar-refractivity contribution in [1.29, 1.82) is 0 Å². The number of amides is 2. The lowest BCUT2D eigenvalue weighted by Gasteiger charge is -2.34. The summed E-state index contributed by atoms with van der Waals surface area (Å²) >= 11 is 0. The molecule has 2 N–H and O–H groups in total. The van der Waals surface area contributed by atoms with E-state index >= 15 is 0 Å². The second-order valence-corrected chi connectivity index (χ2v) is 11.3. The molecule has 1 atom stereocenters. The molecule has 2 rings (SSSR count). The Bertz CT molecular complexity index is 760. The molecule has 1 heterocycles. The number of rotatable bonds is 13. The summed E-state index contributed by atoms with van der Waals surface area (Å²) in [5, 5.41) is 6.06. The minimum absolute atomic E-state index is 0.102. The van der Waals surface area contributed by atoms with Crippen molar-refractivity contribution in [2.45, 2.75) is 54.0 Å². The van der Waals surface area contributed by atoms with Crippen molar-refractivity contribution in [3.63, 3.8) is 0 Å². The maximum Gasteiger partial charge on any atom is 0.251 e. The van der Waals surface area contributed by atoms with Crippen molar-refractivity contribution in [2.75, 3.05) is 64.3 Å². The van der Waals surface area contributed by atoms with E-state index in [0.29, 0.717) is 36.3 Å². The van der Waals surface area contributed by atoms with Crippen molar-refractivity contribution >= 4 is 17.5 Å². The number of carbonyl (C=O) groups is 2. The monoisotopic (exact) mass is 487 g/mol. The molecule has 198 valence electrons. The maximum atomic E-state index is 13.0. The topological polar surface area (TPSA) is 67.9 Å². The molecule has 0 saturated carbocycles. The highest BCUT2D eigenvalue weighted by Gasteiger charge is 2.23. The van der Waals surface area contributed by atoms with E-state index < -0.39 is 6.04 Å². The third-order valence-electron chi connectivity index (χ3n) is 6.30. The first-order valence-corrected chi connectivity index (χ1v) is 13.4. The number of benzene rings is 1. The normalized spacial score (nSPS) is 15.8. The maximum absolute atomic E-state index is 13.0. The molecule has 7 heteroatoms. The van der Waals surface area contributed by atoms with Crippen molar-refractivity contribution in [1.82, 2.24) is 20.4 Å². The zero-order chi connectivity index (χ0) is 26.0. The molecule has 0 unspecified atom stereocenters. The van der Waals surface area contributed by atoms with Crippen molar-refractivity contribution in [3.8, 4) is 0 Å². The Kier molecular flexibility index (Phi) is 12.0. The number of hydrogen-bond acceptors (Lipinski definition) is 5. The van der Waals surface area contributed by atoms with Crippen LogP contribution in [0.15, 0.2) is 24.3 Å². The minimum atomic E-state index is -0.538.